The highest BCUT2D eigenvalue weighted by molar-refractivity contribution is 4.98. The predicted molar refractivity (Wildman–Crippen MR) is 48.3 cm³/mol. The lowest BCUT2D eigenvalue weighted by Gasteiger charge is -2.34. The van der Waals surface area contributed by atoms with E-state index in [1.807, 2.05) is 13.8 Å². The third-order valence-electron chi connectivity index (χ3n) is 3.05. The van der Waals surface area contributed by atoms with Crippen LogP contribution in [-0.4, -0.2) is 29.2 Å². The first-order chi connectivity index (χ1) is 6.08. The molecule has 2 rings (SSSR count). The molecule has 0 bridgehead atoms. The van der Waals surface area contributed by atoms with Crippen molar-refractivity contribution in [1.29, 1.82) is 0 Å². The Labute approximate surface area is 79.0 Å². The molecule has 1 N–H and O–H groups in total. The van der Waals surface area contributed by atoms with E-state index in [2.05, 4.69) is 0 Å². The fraction of sp³-hybridized carbons (Fsp3) is 1.00. The minimum Gasteiger partial charge on any atom is -0.393 e. The van der Waals surface area contributed by atoms with Crippen LogP contribution in [0, 0.1) is 0 Å². The molecule has 0 radical (unpaired) electrons. The maximum absolute atomic E-state index is 9.38. The molecule has 3 heteroatoms. The van der Waals surface area contributed by atoms with E-state index < -0.39 is 11.4 Å². The molecule has 2 aliphatic rings. The molecule has 1 aliphatic carbocycles. The van der Waals surface area contributed by atoms with Gasteiger partial charge in [0.25, 0.3) is 0 Å². The van der Waals surface area contributed by atoms with E-state index in [1.165, 1.54) is 6.42 Å². The van der Waals surface area contributed by atoms with Gasteiger partial charge in [0.1, 0.15) is 5.60 Å². The van der Waals surface area contributed by atoms with E-state index in [0.717, 1.165) is 19.3 Å². The molecule has 0 amide bonds. The summed E-state index contributed by atoms with van der Waals surface area (Å²) >= 11 is 0. The molecule has 1 heterocycles. The summed E-state index contributed by atoms with van der Waals surface area (Å²) in [5, 5.41) is 9.38. The lowest BCUT2D eigenvalue weighted by atomic mass is 9.83. The Kier molecular flexibility index (Phi) is 2.13. The summed E-state index contributed by atoms with van der Waals surface area (Å²) in [5.74, 6) is -0.516. The van der Waals surface area contributed by atoms with Crippen LogP contribution >= 0.6 is 0 Å². The van der Waals surface area contributed by atoms with Gasteiger partial charge in [-0.15, -0.1) is 0 Å². The van der Waals surface area contributed by atoms with Gasteiger partial charge in [-0.25, -0.2) is 0 Å². The molecule has 1 saturated heterocycles. The molecular weight excluding hydrogens is 168 g/mol. The molecule has 0 spiro atoms. The Morgan fingerprint density at radius 3 is 2.77 bits per heavy atom. The van der Waals surface area contributed by atoms with E-state index in [0.29, 0.717) is 0 Å². The summed E-state index contributed by atoms with van der Waals surface area (Å²) in [6.45, 7) is 3.92. The molecule has 0 aromatic rings. The minimum atomic E-state index is -0.516. The van der Waals surface area contributed by atoms with Crippen LogP contribution < -0.4 is 0 Å². The number of rotatable bonds is 1. The summed E-state index contributed by atoms with van der Waals surface area (Å²) in [5.41, 5.74) is -0.401. The van der Waals surface area contributed by atoms with Crippen LogP contribution in [0.3, 0.4) is 0 Å². The van der Waals surface area contributed by atoms with Crippen molar-refractivity contribution >= 4 is 0 Å². The first kappa shape index (κ1) is 9.44. The highest BCUT2D eigenvalue weighted by Gasteiger charge is 2.53. The van der Waals surface area contributed by atoms with Gasteiger partial charge in [0.2, 0.25) is 0 Å². The zero-order chi connectivity index (χ0) is 9.53. The second-order valence-corrected chi connectivity index (χ2v) is 4.58. The maximum Gasteiger partial charge on any atom is 0.164 e. The fourth-order valence-electron chi connectivity index (χ4n) is 2.53. The standard InChI is InChI=1S/C10H18O3/c1-9(2)12-8-5-3-4-6-10(8,7-11)13-9/h8,11H,3-7H2,1-2H3. The van der Waals surface area contributed by atoms with Gasteiger partial charge in [0, 0.05) is 0 Å². The Balaban J connectivity index is 2.19. The zero-order valence-corrected chi connectivity index (χ0v) is 8.38. The van der Waals surface area contributed by atoms with Crippen molar-refractivity contribution < 1.29 is 14.6 Å². The molecule has 13 heavy (non-hydrogen) atoms. The van der Waals surface area contributed by atoms with Crippen LogP contribution in [-0.2, 0) is 9.47 Å². The number of fused-ring (bicyclic) bond motifs is 1. The van der Waals surface area contributed by atoms with E-state index in [1.54, 1.807) is 0 Å². The monoisotopic (exact) mass is 186 g/mol. The summed E-state index contributed by atoms with van der Waals surface area (Å²) in [7, 11) is 0. The molecule has 0 aromatic carbocycles. The van der Waals surface area contributed by atoms with Gasteiger partial charge in [-0.2, -0.15) is 0 Å². The lowest BCUT2D eigenvalue weighted by Crippen LogP contribution is -2.46. The van der Waals surface area contributed by atoms with Crippen LogP contribution in [0.5, 0.6) is 0 Å². The highest BCUT2D eigenvalue weighted by atomic mass is 16.8. The predicted octanol–water partition coefficient (Wildman–Crippen LogP) is 1.44. The number of hydrogen-bond donors (Lipinski definition) is 1. The van der Waals surface area contributed by atoms with Crippen LogP contribution in [0.15, 0.2) is 0 Å². The van der Waals surface area contributed by atoms with Crippen LogP contribution in [0.4, 0.5) is 0 Å². The number of aliphatic hydroxyl groups excluding tert-OH is 1. The van der Waals surface area contributed by atoms with Gasteiger partial charge in [0.05, 0.1) is 12.7 Å². The van der Waals surface area contributed by atoms with Crippen LogP contribution in [0.2, 0.25) is 0 Å². The molecule has 1 saturated carbocycles. The van der Waals surface area contributed by atoms with Gasteiger partial charge < -0.3 is 14.6 Å². The van der Waals surface area contributed by atoms with Gasteiger partial charge in [-0.05, 0) is 26.7 Å². The lowest BCUT2D eigenvalue weighted by molar-refractivity contribution is -0.170. The number of aliphatic hydroxyl groups is 1. The molecule has 76 valence electrons. The van der Waals surface area contributed by atoms with Gasteiger partial charge in [-0.1, -0.05) is 12.8 Å². The summed E-state index contributed by atoms with van der Waals surface area (Å²) in [6.07, 6.45) is 4.37. The van der Waals surface area contributed by atoms with E-state index in [4.69, 9.17) is 9.47 Å². The molecule has 2 unspecified atom stereocenters. The van der Waals surface area contributed by atoms with E-state index in [-0.39, 0.29) is 12.7 Å². The van der Waals surface area contributed by atoms with Crippen LogP contribution in [0.25, 0.3) is 0 Å². The zero-order valence-electron chi connectivity index (χ0n) is 8.38. The summed E-state index contributed by atoms with van der Waals surface area (Å²) in [4.78, 5) is 0. The second kappa shape index (κ2) is 2.94. The summed E-state index contributed by atoms with van der Waals surface area (Å²) in [6, 6.07) is 0. The van der Waals surface area contributed by atoms with Crippen molar-refractivity contribution in [3.05, 3.63) is 0 Å². The van der Waals surface area contributed by atoms with Crippen molar-refractivity contribution in [3.63, 3.8) is 0 Å². The third-order valence-corrected chi connectivity index (χ3v) is 3.05. The second-order valence-electron chi connectivity index (χ2n) is 4.58. The quantitative estimate of drug-likeness (QED) is 0.673. The third kappa shape index (κ3) is 1.49. The molecule has 1 aliphatic heterocycles. The van der Waals surface area contributed by atoms with Crippen molar-refractivity contribution in [1.82, 2.24) is 0 Å². The average Bonchev–Trinajstić information content (AvgIpc) is 2.35. The van der Waals surface area contributed by atoms with E-state index >= 15 is 0 Å². The Morgan fingerprint density at radius 1 is 1.38 bits per heavy atom. The van der Waals surface area contributed by atoms with E-state index in [9.17, 15) is 5.11 Å². The molecule has 0 aromatic heterocycles. The molecule has 2 fully saturated rings. The molecule has 3 nitrogen and oxygen atoms in total. The van der Waals surface area contributed by atoms with Crippen molar-refractivity contribution in [2.45, 2.75) is 57.0 Å². The van der Waals surface area contributed by atoms with Gasteiger partial charge in [0.15, 0.2) is 5.79 Å². The Hall–Kier alpha value is -0.120. The van der Waals surface area contributed by atoms with Gasteiger partial charge in [-0.3, -0.25) is 0 Å². The maximum atomic E-state index is 9.38. The topological polar surface area (TPSA) is 38.7 Å². The van der Waals surface area contributed by atoms with Crippen molar-refractivity contribution in [2.75, 3.05) is 6.61 Å². The normalized spacial score (nSPS) is 43.2. The minimum absolute atomic E-state index is 0.0844. The highest BCUT2D eigenvalue weighted by Crippen LogP contribution is 2.44. The smallest absolute Gasteiger partial charge is 0.164 e. The largest absolute Gasteiger partial charge is 0.393 e. The number of hydrogen-bond acceptors (Lipinski definition) is 3. The average molecular weight is 186 g/mol. The Bertz CT molecular complexity index is 202. The molecule has 2 atom stereocenters. The van der Waals surface area contributed by atoms with Crippen molar-refractivity contribution in [2.24, 2.45) is 0 Å². The first-order valence-electron chi connectivity index (χ1n) is 5.07. The molecular formula is C10H18O3. The first-order valence-corrected chi connectivity index (χ1v) is 5.07. The number of ether oxygens (including phenoxy) is 2. The SMILES string of the molecule is CC1(C)OC2CCCCC2(CO)O1. The Morgan fingerprint density at radius 2 is 2.15 bits per heavy atom. The fourth-order valence-corrected chi connectivity index (χ4v) is 2.53. The summed E-state index contributed by atoms with van der Waals surface area (Å²) < 4.78 is 11.6. The van der Waals surface area contributed by atoms with Crippen molar-refractivity contribution in [3.8, 4) is 0 Å². The van der Waals surface area contributed by atoms with Gasteiger partial charge >= 0.3 is 0 Å². The van der Waals surface area contributed by atoms with Crippen LogP contribution in [0.1, 0.15) is 39.5 Å².